The van der Waals surface area contributed by atoms with Gasteiger partial charge in [-0.2, -0.15) is 5.10 Å². The van der Waals surface area contributed by atoms with Gasteiger partial charge in [-0.1, -0.05) is 62.2 Å². The minimum absolute atomic E-state index is 0.366. The van der Waals surface area contributed by atoms with Crippen LogP contribution in [0.3, 0.4) is 0 Å². The van der Waals surface area contributed by atoms with E-state index in [0.29, 0.717) is 29.5 Å². The van der Waals surface area contributed by atoms with Crippen molar-refractivity contribution in [3.05, 3.63) is 98.7 Å². The molecule has 3 aromatic carbocycles. The maximum atomic E-state index is 7.59. The highest BCUT2D eigenvalue weighted by Crippen LogP contribution is 2.36. The third-order valence-corrected chi connectivity index (χ3v) is 6.05. The van der Waals surface area contributed by atoms with E-state index in [4.69, 9.17) is 17.0 Å². The molecule has 0 aliphatic rings. The number of nitrogens with two attached hydrogens (primary N) is 1. The number of nitrogens with zero attached hydrogens (tertiary/aromatic N) is 3. The summed E-state index contributed by atoms with van der Waals surface area (Å²) in [7, 11) is 0. The molecule has 0 fully saturated rings. The monoisotopic (exact) mass is 536 g/mol. The van der Waals surface area contributed by atoms with Crippen LogP contribution in [-0.2, 0) is 13.0 Å². The van der Waals surface area contributed by atoms with Crippen molar-refractivity contribution in [3.8, 4) is 22.8 Å². The number of para-hydroxylation sites is 1. The Balaban J connectivity index is 1.56. The third-order valence-electron chi connectivity index (χ3n) is 4.78. The minimum Gasteiger partial charge on any atom is -0.457 e. The fraction of sp³-hybridized carbons (Fsp3) is 0.0833. The normalized spacial score (nSPS) is 10.6. The molecule has 0 unspecified atom stereocenters. The quantitative estimate of drug-likeness (QED) is 0.264. The number of halogens is 2. The summed E-state index contributed by atoms with van der Waals surface area (Å²) in [5, 5.41) is 4.64. The molecule has 154 valence electrons. The number of hydrogen-bond donors (Lipinski definition) is 1. The van der Waals surface area contributed by atoms with Gasteiger partial charge in [0.1, 0.15) is 23.0 Å². The summed E-state index contributed by atoms with van der Waals surface area (Å²) >= 11 is 7.08. The summed E-state index contributed by atoms with van der Waals surface area (Å²) in [5.41, 5.74) is 9.16. The van der Waals surface area contributed by atoms with Crippen LogP contribution in [0.25, 0.3) is 16.1 Å². The average Bonchev–Trinajstić information content (AvgIpc) is 3.11. The summed E-state index contributed by atoms with van der Waals surface area (Å²) in [6.07, 6.45) is 0.729. The van der Waals surface area contributed by atoms with E-state index in [-0.39, 0.29) is 0 Å². The molecule has 4 rings (SSSR count). The average molecular weight is 538 g/mol. The standard InChI is InChI=1S/C24H18Br2N4O/c1-28-23-22(16-7-10-20(11-8-16)31-19-5-3-2-4-6-19)29-30(24(23)27)14-13-17-15-18(25)9-12-21(17)26/h2-12,15H,13-14,27H2. The van der Waals surface area contributed by atoms with E-state index in [1.807, 2.05) is 66.7 Å². The van der Waals surface area contributed by atoms with Crippen LogP contribution >= 0.6 is 31.9 Å². The molecule has 1 heterocycles. The maximum Gasteiger partial charge on any atom is 0.254 e. The zero-order chi connectivity index (χ0) is 21.8. The Morgan fingerprint density at radius 1 is 0.968 bits per heavy atom. The van der Waals surface area contributed by atoms with Gasteiger partial charge in [0.2, 0.25) is 0 Å². The zero-order valence-corrected chi connectivity index (χ0v) is 19.6. The Morgan fingerprint density at radius 2 is 1.68 bits per heavy atom. The number of anilines is 1. The van der Waals surface area contributed by atoms with Crippen LogP contribution in [0.2, 0.25) is 0 Å². The lowest BCUT2D eigenvalue weighted by Gasteiger charge is -2.07. The maximum absolute atomic E-state index is 7.59. The first kappa shape index (κ1) is 21.2. The molecule has 31 heavy (non-hydrogen) atoms. The molecule has 4 aromatic rings. The predicted molar refractivity (Wildman–Crippen MR) is 130 cm³/mol. The molecule has 5 nitrogen and oxygen atoms in total. The van der Waals surface area contributed by atoms with Gasteiger partial charge >= 0.3 is 0 Å². The van der Waals surface area contributed by atoms with Crippen molar-refractivity contribution in [1.29, 1.82) is 0 Å². The van der Waals surface area contributed by atoms with Gasteiger partial charge in [0.25, 0.3) is 5.69 Å². The molecule has 0 radical (unpaired) electrons. The van der Waals surface area contributed by atoms with Crippen LogP contribution in [0, 0.1) is 6.57 Å². The first-order valence-electron chi connectivity index (χ1n) is 9.56. The van der Waals surface area contributed by atoms with Gasteiger partial charge in [0.05, 0.1) is 6.57 Å². The highest BCUT2D eigenvalue weighted by atomic mass is 79.9. The highest BCUT2D eigenvalue weighted by Gasteiger charge is 2.18. The predicted octanol–water partition coefficient (Wildman–Crippen LogP) is 7.24. The van der Waals surface area contributed by atoms with Crippen LogP contribution in [0.1, 0.15) is 5.56 Å². The first-order chi connectivity index (χ1) is 15.0. The molecule has 0 saturated carbocycles. The molecule has 1 aromatic heterocycles. The van der Waals surface area contributed by atoms with Crippen molar-refractivity contribution < 1.29 is 4.74 Å². The second-order valence-electron chi connectivity index (χ2n) is 6.84. The van der Waals surface area contributed by atoms with Gasteiger partial charge in [-0.05, 0) is 60.0 Å². The minimum atomic E-state index is 0.366. The molecule has 7 heteroatoms. The number of aryl methyl sites for hydroxylation is 2. The molecular formula is C24H18Br2N4O. The molecular weight excluding hydrogens is 520 g/mol. The van der Waals surface area contributed by atoms with E-state index < -0.39 is 0 Å². The van der Waals surface area contributed by atoms with E-state index >= 15 is 0 Å². The summed E-state index contributed by atoms with van der Waals surface area (Å²) in [6, 6.07) is 23.2. The van der Waals surface area contributed by atoms with Crippen LogP contribution in [0.15, 0.2) is 81.7 Å². The number of nitrogen functional groups attached to an aromatic ring is 1. The molecule has 2 N–H and O–H groups in total. The van der Waals surface area contributed by atoms with Crippen molar-refractivity contribution in [2.24, 2.45) is 0 Å². The number of benzene rings is 3. The number of rotatable bonds is 6. The lowest BCUT2D eigenvalue weighted by Crippen LogP contribution is -2.07. The Kier molecular flexibility index (Phi) is 6.40. The van der Waals surface area contributed by atoms with Gasteiger partial charge in [0.15, 0.2) is 0 Å². The molecule has 0 atom stereocenters. The zero-order valence-electron chi connectivity index (χ0n) is 16.4. The third kappa shape index (κ3) is 4.82. The number of hydrogen-bond acceptors (Lipinski definition) is 3. The Hall–Kier alpha value is -3.08. The van der Waals surface area contributed by atoms with Crippen LogP contribution in [-0.4, -0.2) is 9.78 Å². The van der Waals surface area contributed by atoms with Crippen LogP contribution < -0.4 is 10.5 Å². The van der Waals surface area contributed by atoms with Gasteiger partial charge in [-0.15, -0.1) is 0 Å². The van der Waals surface area contributed by atoms with E-state index in [2.05, 4.69) is 47.9 Å². The van der Waals surface area contributed by atoms with Gasteiger partial charge in [-0.25, -0.2) is 4.85 Å². The van der Waals surface area contributed by atoms with E-state index in [0.717, 1.165) is 32.2 Å². The van der Waals surface area contributed by atoms with Crippen molar-refractivity contribution >= 4 is 43.4 Å². The molecule has 0 spiro atoms. The number of ether oxygens (including phenoxy) is 1. The topological polar surface area (TPSA) is 57.4 Å². The number of aromatic nitrogens is 2. The largest absolute Gasteiger partial charge is 0.457 e. The summed E-state index contributed by atoms with van der Waals surface area (Å²) in [4.78, 5) is 3.64. The molecule has 0 aliphatic carbocycles. The van der Waals surface area contributed by atoms with E-state index in [1.165, 1.54) is 0 Å². The lowest BCUT2D eigenvalue weighted by molar-refractivity contribution is 0.483. The van der Waals surface area contributed by atoms with Crippen molar-refractivity contribution in [2.45, 2.75) is 13.0 Å². The van der Waals surface area contributed by atoms with E-state index in [9.17, 15) is 0 Å². The highest BCUT2D eigenvalue weighted by molar-refractivity contribution is 9.11. The molecule has 0 aliphatic heterocycles. The van der Waals surface area contributed by atoms with Crippen LogP contribution in [0.4, 0.5) is 11.5 Å². The Morgan fingerprint density at radius 3 is 2.39 bits per heavy atom. The van der Waals surface area contributed by atoms with Gasteiger partial charge in [0, 0.05) is 15.5 Å². The fourth-order valence-corrected chi connectivity index (χ4v) is 4.06. The smallest absolute Gasteiger partial charge is 0.254 e. The summed E-state index contributed by atoms with van der Waals surface area (Å²) in [6.45, 7) is 8.16. The van der Waals surface area contributed by atoms with Crippen molar-refractivity contribution in [2.75, 3.05) is 5.73 Å². The van der Waals surface area contributed by atoms with Gasteiger partial charge in [-0.3, -0.25) is 4.68 Å². The second-order valence-corrected chi connectivity index (χ2v) is 8.61. The van der Waals surface area contributed by atoms with Gasteiger partial charge < -0.3 is 10.5 Å². The first-order valence-corrected chi connectivity index (χ1v) is 11.1. The second kappa shape index (κ2) is 9.38. The molecule has 0 bridgehead atoms. The molecule has 0 amide bonds. The Bertz CT molecular complexity index is 1250. The fourth-order valence-electron chi connectivity index (χ4n) is 3.21. The summed E-state index contributed by atoms with van der Waals surface area (Å²) < 4.78 is 9.59. The van der Waals surface area contributed by atoms with Crippen molar-refractivity contribution in [3.63, 3.8) is 0 Å². The van der Waals surface area contributed by atoms with Crippen molar-refractivity contribution in [1.82, 2.24) is 9.78 Å². The Labute approximate surface area is 197 Å². The SMILES string of the molecule is [C-]#[N+]c1c(-c2ccc(Oc3ccccc3)cc2)nn(CCc2cc(Br)ccc2Br)c1N. The lowest BCUT2D eigenvalue weighted by atomic mass is 10.1. The van der Waals surface area contributed by atoms with Crippen LogP contribution in [0.5, 0.6) is 11.5 Å². The molecule has 0 saturated heterocycles. The summed E-state index contributed by atoms with van der Waals surface area (Å²) in [5.74, 6) is 1.86. The van der Waals surface area contributed by atoms with E-state index in [1.54, 1.807) is 4.68 Å².